The highest BCUT2D eigenvalue weighted by molar-refractivity contribution is 6.74. The quantitative estimate of drug-likeness (QED) is 0.0770. The van der Waals surface area contributed by atoms with E-state index >= 15 is 0 Å². The lowest BCUT2D eigenvalue weighted by Crippen LogP contribution is -2.43. The molecule has 0 aliphatic rings. The van der Waals surface area contributed by atoms with Crippen LogP contribution >= 0.6 is 11.6 Å². The van der Waals surface area contributed by atoms with Crippen LogP contribution in [0.1, 0.15) is 136 Å². The van der Waals surface area contributed by atoms with Crippen molar-refractivity contribution in [1.82, 2.24) is 0 Å². The molecule has 0 N–H and O–H groups in total. The normalized spacial score (nSPS) is 13.1. The molecule has 41 heavy (non-hydrogen) atoms. The molecule has 4 nitrogen and oxygen atoms in total. The summed E-state index contributed by atoms with van der Waals surface area (Å²) in [6.45, 7) is 16.0. The van der Waals surface area contributed by atoms with Gasteiger partial charge in [-0.1, -0.05) is 142 Å². The topological polar surface area (TPSA) is 36.9 Å². The molecular formula is C35H65ClO4Si. The van der Waals surface area contributed by atoms with Crippen molar-refractivity contribution in [2.24, 2.45) is 0 Å². The van der Waals surface area contributed by atoms with Crippen LogP contribution in [0.25, 0.3) is 0 Å². The molecule has 1 aromatic rings. The molecule has 1 atom stereocenters. The maximum absolute atomic E-state index is 6.48. The Labute approximate surface area is 260 Å². The van der Waals surface area contributed by atoms with E-state index in [0.717, 1.165) is 18.6 Å². The minimum atomic E-state index is -1.86. The summed E-state index contributed by atoms with van der Waals surface area (Å²) in [4.78, 5) is 0. The van der Waals surface area contributed by atoms with Gasteiger partial charge in [0.1, 0.15) is 11.9 Å². The van der Waals surface area contributed by atoms with Gasteiger partial charge in [-0.2, -0.15) is 0 Å². The maximum atomic E-state index is 6.48. The SMILES string of the molecule is CCCCCCCCCCCCCCCCCCOC[C@H](CO[Si](C)(C)C(C)(C)C)OCc1ccc(OC)c(Cl)c1. The number of methoxy groups -OCH3 is 1. The fourth-order valence-corrected chi connectivity index (χ4v) is 5.96. The van der Waals surface area contributed by atoms with Crippen LogP contribution in [-0.2, 0) is 20.5 Å². The summed E-state index contributed by atoms with van der Waals surface area (Å²) in [5.41, 5.74) is 1.02. The minimum Gasteiger partial charge on any atom is -0.495 e. The molecule has 6 heteroatoms. The summed E-state index contributed by atoms with van der Waals surface area (Å²) < 4.78 is 24.1. The molecule has 0 aliphatic heterocycles. The molecule has 0 bridgehead atoms. The van der Waals surface area contributed by atoms with Crippen molar-refractivity contribution in [2.45, 2.75) is 161 Å². The molecule has 0 aromatic heterocycles. The van der Waals surface area contributed by atoms with E-state index in [2.05, 4.69) is 40.8 Å². The van der Waals surface area contributed by atoms with Crippen LogP contribution < -0.4 is 4.74 Å². The second kappa shape index (κ2) is 22.9. The fourth-order valence-electron chi connectivity index (χ4n) is 4.64. The molecule has 0 radical (unpaired) electrons. The highest BCUT2D eigenvalue weighted by atomic mass is 35.5. The van der Waals surface area contributed by atoms with E-state index in [4.69, 9.17) is 30.2 Å². The Bertz CT molecular complexity index is 765. The van der Waals surface area contributed by atoms with Gasteiger partial charge < -0.3 is 18.6 Å². The Hall–Kier alpha value is -0.593. The summed E-state index contributed by atoms with van der Waals surface area (Å²) in [7, 11) is -0.237. The summed E-state index contributed by atoms with van der Waals surface area (Å²) >= 11 is 6.31. The van der Waals surface area contributed by atoms with Gasteiger partial charge in [-0.25, -0.2) is 0 Å². The molecule has 0 heterocycles. The van der Waals surface area contributed by atoms with Crippen LogP contribution in [0.4, 0.5) is 0 Å². The van der Waals surface area contributed by atoms with Gasteiger partial charge in [0.05, 0.1) is 32.0 Å². The van der Waals surface area contributed by atoms with Gasteiger partial charge in [-0.05, 0) is 42.2 Å². The van der Waals surface area contributed by atoms with E-state index < -0.39 is 8.32 Å². The zero-order valence-corrected chi connectivity index (χ0v) is 29.7. The average Bonchev–Trinajstić information content (AvgIpc) is 2.92. The van der Waals surface area contributed by atoms with E-state index in [9.17, 15) is 0 Å². The first-order valence-electron chi connectivity index (χ1n) is 16.8. The highest BCUT2D eigenvalue weighted by Gasteiger charge is 2.37. The van der Waals surface area contributed by atoms with Crippen LogP contribution in [0.15, 0.2) is 18.2 Å². The summed E-state index contributed by atoms with van der Waals surface area (Å²) in [6, 6.07) is 5.78. The molecule has 0 unspecified atom stereocenters. The maximum Gasteiger partial charge on any atom is 0.192 e. The Morgan fingerprint density at radius 2 is 1.27 bits per heavy atom. The molecule has 0 aliphatic carbocycles. The van der Waals surface area contributed by atoms with Crippen molar-refractivity contribution in [3.05, 3.63) is 28.8 Å². The van der Waals surface area contributed by atoms with Gasteiger partial charge in [0.2, 0.25) is 0 Å². The molecule has 1 aromatic carbocycles. The molecule has 1 rings (SSSR count). The van der Waals surface area contributed by atoms with Crippen molar-refractivity contribution in [2.75, 3.05) is 26.9 Å². The zero-order chi connectivity index (χ0) is 30.4. The second-order valence-corrected chi connectivity index (χ2v) is 18.6. The lowest BCUT2D eigenvalue weighted by atomic mass is 10.0. The smallest absolute Gasteiger partial charge is 0.192 e. The monoisotopic (exact) mass is 612 g/mol. The van der Waals surface area contributed by atoms with Crippen LogP contribution in [0.2, 0.25) is 23.2 Å². The van der Waals surface area contributed by atoms with E-state index in [1.54, 1.807) is 7.11 Å². The average molecular weight is 613 g/mol. The molecule has 0 spiro atoms. The summed E-state index contributed by atoms with van der Waals surface area (Å²) in [5, 5.41) is 0.762. The van der Waals surface area contributed by atoms with Gasteiger partial charge in [-0.3, -0.25) is 0 Å². The van der Waals surface area contributed by atoms with Crippen LogP contribution in [0.3, 0.4) is 0 Å². The number of unbranched alkanes of at least 4 members (excludes halogenated alkanes) is 15. The van der Waals surface area contributed by atoms with Crippen molar-refractivity contribution in [1.29, 1.82) is 0 Å². The first-order valence-corrected chi connectivity index (χ1v) is 20.0. The van der Waals surface area contributed by atoms with E-state index in [1.807, 2.05) is 18.2 Å². The number of rotatable bonds is 26. The van der Waals surface area contributed by atoms with Crippen LogP contribution in [0, 0.1) is 0 Å². The lowest BCUT2D eigenvalue weighted by molar-refractivity contribution is -0.0476. The van der Waals surface area contributed by atoms with Crippen LogP contribution in [-0.4, -0.2) is 41.4 Å². The van der Waals surface area contributed by atoms with E-state index in [1.165, 1.54) is 96.3 Å². The molecular weight excluding hydrogens is 548 g/mol. The molecule has 240 valence electrons. The number of ether oxygens (including phenoxy) is 3. The fraction of sp³-hybridized carbons (Fsp3) is 0.829. The molecule has 0 saturated carbocycles. The number of hydrogen-bond acceptors (Lipinski definition) is 4. The van der Waals surface area contributed by atoms with Crippen molar-refractivity contribution in [3.8, 4) is 5.75 Å². The third-order valence-electron chi connectivity index (χ3n) is 8.58. The molecule has 0 saturated heterocycles. The van der Waals surface area contributed by atoms with Gasteiger partial charge >= 0.3 is 0 Å². The number of halogens is 1. The highest BCUT2D eigenvalue weighted by Crippen LogP contribution is 2.36. The Balaban J connectivity index is 2.21. The predicted molar refractivity (Wildman–Crippen MR) is 180 cm³/mol. The molecule has 0 amide bonds. The summed E-state index contributed by atoms with van der Waals surface area (Å²) in [6.07, 6.45) is 22.0. The van der Waals surface area contributed by atoms with E-state index in [-0.39, 0.29) is 11.1 Å². The van der Waals surface area contributed by atoms with Gasteiger partial charge in [0, 0.05) is 6.61 Å². The second-order valence-electron chi connectivity index (χ2n) is 13.4. The largest absolute Gasteiger partial charge is 0.495 e. The Morgan fingerprint density at radius 1 is 0.756 bits per heavy atom. The third-order valence-corrected chi connectivity index (χ3v) is 13.4. The van der Waals surface area contributed by atoms with Crippen LogP contribution in [0.5, 0.6) is 5.75 Å². The Kier molecular flexibility index (Phi) is 21.4. The molecule has 0 fully saturated rings. The lowest BCUT2D eigenvalue weighted by Gasteiger charge is -2.37. The predicted octanol–water partition coefficient (Wildman–Crippen LogP) is 11.5. The van der Waals surface area contributed by atoms with Gasteiger partial charge in [-0.15, -0.1) is 0 Å². The van der Waals surface area contributed by atoms with Crippen molar-refractivity contribution >= 4 is 19.9 Å². The van der Waals surface area contributed by atoms with Gasteiger partial charge in [0.15, 0.2) is 8.32 Å². The van der Waals surface area contributed by atoms with Gasteiger partial charge in [0.25, 0.3) is 0 Å². The van der Waals surface area contributed by atoms with Crippen molar-refractivity contribution < 1.29 is 18.6 Å². The first kappa shape index (κ1) is 38.4. The summed E-state index contributed by atoms with van der Waals surface area (Å²) in [5.74, 6) is 0.676. The minimum absolute atomic E-state index is 0.105. The zero-order valence-electron chi connectivity index (χ0n) is 28.0. The van der Waals surface area contributed by atoms with E-state index in [0.29, 0.717) is 30.6 Å². The third kappa shape index (κ3) is 18.6. The van der Waals surface area contributed by atoms with Crippen molar-refractivity contribution in [3.63, 3.8) is 0 Å². The number of benzene rings is 1. The number of hydrogen-bond donors (Lipinski definition) is 0. The standard InChI is InChI=1S/C35H65ClO4Si/c1-8-9-10-11-12-13-14-15-16-17-18-19-20-21-22-23-26-38-29-32(30-40-41(6,7)35(2,3)4)39-28-31-24-25-34(37-5)33(36)27-31/h24-25,27,32H,8-23,26,28-30H2,1-7H3/t32-/m1/s1. The first-order chi connectivity index (χ1) is 19.6. The Morgan fingerprint density at radius 3 is 1.73 bits per heavy atom.